The average Bonchev–Trinajstić information content (AvgIpc) is 2.60. The minimum atomic E-state index is -2.12. The molecule has 0 fully saturated rings. The molecule has 5 heteroatoms. The number of rotatable bonds is 6. The van der Waals surface area contributed by atoms with Crippen LogP contribution in [0.4, 0.5) is 13.2 Å². The molecule has 2 nitrogen and oxygen atoms in total. The Hall–Kier alpha value is -2.56. The molecule has 0 saturated carbocycles. The Kier molecular flexibility index (Phi) is 6.18. The highest BCUT2D eigenvalue weighted by atomic mass is 19.3. The molecule has 0 heterocycles. The monoisotopic (exact) mass is 334 g/mol. The van der Waals surface area contributed by atoms with E-state index in [1.54, 1.807) is 12.1 Å². The number of benzene rings is 2. The Balaban J connectivity index is 2.21. The second kappa shape index (κ2) is 8.34. The highest BCUT2D eigenvalue weighted by Crippen LogP contribution is 2.29. The summed E-state index contributed by atoms with van der Waals surface area (Å²) in [6.45, 7) is 1.53. The number of ether oxygens (including phenoxy) is 1. The van der Waals surface area contributed by atoms with Crippen LogP contribution in [0.15, 0.2) is 60.7 Å². The molecule has 2 aromatic carbocycles. The first-order valence-electron chi connectivity index (χ1n) is 7.53. The number of esters is 1. The SMILES string of the molecule is CCOC(=O)C(F)CC(=C(F)F)c1ccc(-c2ccccc2)cc1. The van der Waals surface area contributed by atoms with E-state index in [-0.39, 0.29) is 12.2 Å². The van der Waals surface area contributed by atoms with Gasteiger partial charge < -0.3 is 4.74 Å². The molecule has 0 amide bonds. The molecule has 0 aromatic heterocycles. The van der Waals surface area contributed by atoms with Crippen LogP contribution in [0.25, 0.3) is 16.7 Å². The van der Waals surface area contributed by atoms with Gasteiger partial charge in [0.1, 0.15) is 0 Å². The topological polar surface area (TPSA) is 26.3 Å². The molecule has 0 aliphatic carbocycles. The Bertz CT molecular complexity index is 705. The maximum atomic E-state index is 13.8. The van der Waals surface area contributed by atoms with Crippen molar-refractivity contribution >= 4 is 11.5 Å². The zero-order valence-electron chi connectivity index (χ0n) is 13.1. The Labute approximate surface area is 138 Å². The van der Waals surface area contributed by atoms with E-state index in [0.717, 1.165) is 11.1 Å². The first kappa shape index (κ1) is 17.8. The van der Waals surface area contributed by atoms with Gasteiger partial charge in [-0.25, -0.2) is 9.18 Å². The quantitative estimate of drug-likeness (QED) is 0.674. The first-order chi connectivity index (χ1) is 11.5. The molecule has 0 saturated heterocycles. The van der Waals surface area contributed by atoms with Crippen molar-refractivity contribution in [1.29, 1.82) is 0 Å². The van der Waals surface area contributed by atoms with Crippen LogP contribution in [-0.2, 0) is 9.53 Å². The van der Waals surface area contributed by atoms with Crippen molar-refractivity contribution in [2.24, 2.45) is 0 Å². The fourth-order valence-corrected chi connectivity index (χ4v) is 2.29. The number of alkyl halides is 1. The number of carbonyl (C=O) groups excluding carboxylic acids is 1. The van der Waals surface area contributed by atoms with Gasteiger partial charge >= 0.3 is 5.97 Å². The van der Waals surface area contributed by atoms with E-state index in [1.165, 1.54) is 19.1 Å². The van der Waals surface area contributed by atoms with Gasteiger partial charge in [0.05, 0.1) is 6.61 Å². The fraction of sp³-hybridized carbons (Fsp3) is 0.211. The van der Waals surface area contributed by atoms with Crippen molar-refractivity contribution < 1.29 is 22.7 Å². The normalized spacial score (nSPS) is 11.7. The third kappa shape index (κ3) is 4.47. The Morgan fingerprint density at radius 1 is 1.00 bits per heavy atom. The second-order valence-electron chi connectivity index (χ2n) is 5.11. The minimum absolute atomic E-state index is 0.00216. The van der Waals surface area contributed by atoms with Crippen LogP contribution in [0, 0.1) is 0 Å². The number of halogens is 3. The summed E-state index contributed by atoms with van der Waals surface area (Å²) in [5, 5.41) is 0. The third-order valence-electron chi connectivity index (χ3n) is 3.49. The van der Waals surface area contributed by atoms with Gasteiger partial charge in [-0.1, -0.05) is 54.6 Å². The lowest BCUT2D eigenvalue weighted by Gasteiger charge is -2.11. The predicted molar refractivity (Wildman–Crippen MR) is 87.2 cm³/mol. The maximum Gasteiger partial charge on any atom is 0.341 e. The summed E-state index contributed by atoms with van der Waals surface area (Å²) in [4.78, 5) is 11.3. The summed E-state index contributed by atoms with van der Waals surface area (Å²) in [5.74, 6) is -1.13. The molecule has 0 aliphatic heterocycles. The molecule has 126 valence electrons. The molecule has 0 bridgehead atoms. The van der Waals surface area contributed by atoms with E-state index in [9.17, 15) is 18.0 Å². The molecule has 0 radical (unpaired) electrons. The summed E-state index contributed by atoms with van der Waals surface area (Å²) >= 11 is 0. The summed E-state index contributed by atoms with van der Waals surface area (Å²) < 4.78 is 44.7. The standard InChI is InChI=1S/C19H17F3O2/c1-2-24-19(23)17(20)12-16(18(21)22)15-10-8-14(9-11-15)13-6-4-3-5-7-13/h3-11,17H,2,12H2,1H3. The Morgan fingerprint density at radius 3 is 2.12 bits per heavy atom. The molecular formula is C19H17F3O2. The summed E-state index contributed by atoms with van der Waals surface area (Å²) in [6, 6.07) is 15.8. The predicted octanol–water partition coefficient (Wildman–Crippen LogP) is 5.25. The van der Waals surface area contributed by atoms with Crippen LogP contribution < -0.4 is 0 Å². The summed E-state index contributed by atoms with van der Waals surface area (Å²) in [6.07, 6.45) is -4.84. The number of allylic oxidation sites excluding steroid dienone is 1. The van der Waals surface area contributed by atoms with Gasteiger partial charge in [0, 0.05) is 12.0 Å². The first-order valence-corrected chi connectivity index (χ1v) is 7.53. The van der Waals surface area contributed by atoms with Crippen LogP contribution in [0.2, 0.25) is 0 Å². The molecule has 24 heavy (non-hydrogen) atoms. The smallest absolute Gasteiger partial charge is 0.341 e. The lowest BCUT2D eigenvalue weighted by Crippen LogP contribution is -2.19. The van der Waals surface area contributed by atoms with Gasteiger partial charge in [-0.05, 0) is 23.6 Å². The molecule has 2 rings (SSSR count). The van der Waals surface area contributed by atoms with E-state index < -0.39 is 30.2 Å². The molecule has 2 aromatic rings. The van der Waals surface area contributed by atoms with E-state index in [0.29, 0.717) is 0 Å². The zero-order valence-corrected chi connectivity index (χ0v) is 13.1. The van der Waals surface area contributed by atoms with Crippen molar-refractivity contribution in [2.45, 2.75) is 19.5 Å². The number of carbonyl (C=O) groups is 1. The van der Waals surface area contributed by atoms with E-state index >= 15 is 0 Å². The maximum absolute atomic E-state index is 13.8. The lowest BCUT2D eigenvalue weighted by molar-refractivity contribution is -0.148. The fourth-order valence-electron chi connectivity index (χ4n) is 2.29. The van der Waals surface area contributed by atoms with Gasteiger partial charge in [-0.15, -0.1) is 0 Å². The molecule has 0 aliphatic rings. The van der Waals surface area contributed by atoms with Crippen molar-refractivity contribution in [3.8, 4) is 11.1 Å². The van der Waals surface area contributed by atoms with E-state index in [2.05, 4.69) is 4.74 Å². The number of hydrogen-bond donors (Lipinski definition) is 0. The van der Waals surface area contributed by atoms with Crippen LogP contribution in [-0.4, -0.2) is 18.7 Å². The van der Waals surface area contributed by atoms with Crippen molar-refractivity contribution in [3.63, 3.8) is 0 Å². The summed E-state index contributed by atoms with van der Waals surface area (Å²) in [5.41, 5.74) is 1.50. The molecule has 1 unspecified atom stereocenters. The molecule has 0 spiro atoms. The highest BCUT2D eigenvalue weighted by molar-refractivity contribution is 5.79. The van der Waals surface area contributed by atoms with Crippen LogP contribution in [0.3, 0.4) is 0 Å². The molecule has 0 N–H and O–H groups in total. The van der Waals surface area contributed by atoms with Gasteiger partial charge in [0.2, 0.25) is 6.17 Å². The van der Waals surface area contributed by atoms with E-state index in [1.807, 2.05) is 30.3 Å². The van der Waals surface area contributed by atoms with Gasteiger partial charge in [-0.3, -0.25) is 0 Å². The average molecular weight is 334 g/mol. The Morgan fingerprint density at radius 2 is 1.58 bits per heavy atom. The van der Waals surface area contributed by atoms with Gasteiger partial charge in [0.25, 0.3) is 6.08 Å². The third-order valence-corrected chi connectivity index (χ3v) is 3.49. The zero-order chi connectivity index (χ0) is 17.5. The number of hydrogen-bond acceptors (Lipinski definition) is 2. The van der Waals surface area contributed by atoms with Gasteiger partial charge in [-0.2, -0.15) is 8.78 Å². The van der Waals surface area contributed by atoms with Gasteiger partial charge in [0.15, 0.2) is 0 Å². The van der Waals surface area contributed by atoms with Crippen molar-refractivity contribution in [2.75, 3.05) is 6.61 Å². The molecular weight excluding hydrogens is 317 g/mol. The minimum Gasteiger partial charge on any atom is -0.464 e. The second-order valence-corrected chi connectivity index (χ2v) is 5.11. The summed E-state index contributed by atoms with van der Waals surface area (Å²) in [7, 11) is 0. The van der Waals surface area contributed by atoms with Crippen molar-refractivity contribution in [3.05, 3.63) is 66.2 Å². The van der Waals surface area contributed by atoms with Crippen LogP contribution >= 0.6 is 0 Å². The largest absolute Gasteiger partial charge is 0.464 e. The van der Waals surface area contributed by atoms with E-state index in [4.69, 9.17) is 0 Å². The lowest BCUT2D eigenvalue weighted by atomic mass is 9.98. The van der Waals surface area contributed by atoms with Crippen LogP contribution in [0.1, 0.15) is 18.9 Å². The van der Waals surface area contributed by atoms with Crippen LogP contribution in [0.5, 0.6) is 0 Å². The van der Waals surface area contributed by atoms with Crippen molar-refractivity contribution in [1.82, 2.24) is 0 Å². The molecule has 1 atom stereocenters. The highest BCUT2D eigenvalue weighted by Gasteiger charge is 2.23.